The van der Waals surface area contributed by atoms with E-state index in [4.69, 9.17) is 22.3 Å². The van der Waals surface area contributed by atoms with Gasteiger partial charge < -0.3 is 38.3 Å². The molecular weight excluding hydrogens is 426 g/mol. The molecule has 0 aliphatic carbocycles. The number of carboxylic acids is 1. The molecular formula is C18H35N7O5S. The minimum absolute atomic E-state index is 0.0490. The maximum atomic E-state index is 12.8. The van der Waals surface area contributed by atoms with Gasteiger partial charge in [0.1, 0.15) is 18.1 Å². The Labute approximate surface area is 187 Å². The van der Waals surface area contributed by atoms with Gasteiger partial charge in [-0.25, -0.2) is 0 Å². The van der Waals surface area contributed by atoms with E-state index in [9.17, 15) is 19.2 Å². The number of carbonyl (C=O) groups excluding carboxylic acids is 3. The zero-order valence-electron chi connectivity index (χ0n) is 18.1. The molecule has 10 N–H and O–H groups in total. The van der Waals surface area contributed by atoms with Crippen molar-refractivity contribution in [1.82, 2.24) is 16.0 Å². The summed E-state index contributed by atoms with van der Waals surface area (Å²) in [7, 11) is 0. The lowest BCUT2D eigenvalue weighted by atomic mass is 9.97. The molecule has 12 nitrogen and oxygen atoms in total. The van der Waals surface area contributed by atoms with Gasteiger partial charge in [0.15, 0.2) is 5.96 Å². The lowest BCUT2D eigenvalue weighted by molar-refractivity contribution is -0.141. The molecule has 0 saturated carbocycles. The Bertz CT molecular complexity index is 657. The monoisotopic (exact) mass is 461 g/mol. The molecule has 13 heteroatoms. The topological polar surface area (TPSA) is 215 Å². The van der Waals surface area contributed by atoms with E-state index >= 15 is 0 Å². The second kappa shape index (κ2) is 14.5. The molecule has 178 valence electrons. The zero-order valence-corrected chi connectivity index (χ0v) is 19.0. The Morgan fingerprint density at radius 3 is 2.13 bits per heavy atom. The van der Waals surface area contributed by atoms with Crippen LogP contribution in [0.4, 0.5) is 0 Å². The van der Waals surface area contributed by atoms with Crippen molar-refractivity contribution >= 4 is 42.3 Å². The third-order valence-electron chi connectivity index (χ3n) is 4.64. The minimum atomic E-state index is -1.21. The summed E-state index contributed by atoms with van der Waals surface area (Å²) >= 11 is 4.05. The second-order valence-corrected chi connectivity index (χ2v) is 7.60. The van der Waals surface area contributed by atoms with Crippen LogP contribution in [0.3, 0.4) is 0 Å². The largest absolute Gasteiger partial charge is 0.480 e. The first kappa shape index (κ1) is 28.5. The number of hydrogen-bond donors (Lipinski definition) is 8. The number of thiol groups is 1. The predicted molar refractivity (Wildman–Crippen MR) is 120 cm³/mol. The molecule has 3 amide bonds. The Kier molecular flexibility index (Phi) is 13.3. The molecule has 0 radical (unpaired) electrons. The fourth-order valence-electron chi connectivity index (χ4n) is 2.44. The van der Waals surface area contributed by atoms with E-state index in [1.165, 1.54) is 6.92 Å². The van der Waals surface area contributed by atoms with Crippen LogP contribution >= 0.6 is 12.6 Å². The van der Waals surface area contributed by atoms with Gasteiger partial charge in [0.05, 0.1) is 6.04 Å². The number of guanidine groups is 1. The first-order valence-electron chi connectivity index (χ1n) is 10.00. The normalized spacial score (nSPS) is 15.5. The van der Waals surface area contributed by atoms with E-state index in [0.29, 0.717) is 25.8 Å². The predicted octanol–water partition coefficient (Wildman–Crippen LogP) is -2.10. The molecule has 0 fully saturated rings. The molecule has 0 aliphatic heterocycles. The van der Waals surface area contributed by atoms with Crippen LogP contribution in [0, 0.1) is 5.92 Å². The summed E-state index contributed by atoms with van der Waals surface area (Å²) in [5, 5.41) is 16.3. The number of nitrogens with one attached hydrogen (secondary N) is 3. The maximum Gasteiger partial charge on any atom is 0.325 e. The summed E-state index contributed by atoms with van der Waals surface area (Å²) in [6.07, 6.45) is 1.37. The second-order valence-electron chi connectivity index (χ2n) is 7.24. The molecule has 0 rings (SSSR count). The van der Waals surface area contributed by atoms with E-state index in [0.717, 1.165) is 0 Å². The van der Waals surface area contributed by atoms with E-state index in [1.54, 1.807) is 6.92 Å². The standard InChI is InChI=1S/C18H35N7O5S/c1-4-9(2)13(25-14(26)11(19)6-5-7-22-18(20)21)16(28)24-12(8-31)15(27)23-10(3)17(29)30/h9-13,31H,4-8,19H2,1-3H3,(H,23,27)(H,24,28)(H,25,26)(H,29,30)(H4,20,21,22). The smallest absolute Gasteiger partial charge is 0.325 e. The van der Waals surface area contributed by atoms with Crippen molar-refractivity contribution in [2.45, 2.75) is 64.2 Å². The summed E-state index contributed by atoms with van der Waals surface area (Å²) in [5.41, 5.74) is 16.4. The van der Waals surface area contributed by atoms with Crippen LogP contribution in [-0.4, -0.2) is 71.2 Å². The van der Waals surface area contributed by atoms with Crippen molar-refractivity contribution in [3.8, 4) is 0 Å². The molecule has 5 unspecified atom stereocenters. The van der Waals surface area contributed by atoms with Gasteiger partial charge in [0, 0.05) is 12.3 Å². The first-order valence-corrected chi connectivity index (χ1v) is 10.6. The van der Waals surface area contributed by atoms with Crippen LogP contribution in [0.25, 0.3) is 0 Å². The third kappa shape index (κ3) is 10.9. The summed E-state index contributed by atoms with van der Waals surface area (Å²) < 4.78 is 0. The van der Waals surface area contributed by atoms with Crippen molar-refractivity contribution in [3.63, 3.8) is 0 Å². The average molecular weight is 462 g/mol. The lowest BCUT2D eigenvalue weighted by Gasteiger charge is -2.27. The highest BCUT2D eigenvalue weighted by atomic mass is 32.1. The molecule has 0 aliphatic rings. The van der Waals surface area contributed by atoms with Crippen molar-refractivity contribution in [1.29, 1.82) is 0 Å². The van der Waals surface area contributed by atoms with Crippen LogP contribution in [0.5, 0.6) is 0 Å². The maximum absolute atomic E-state index is 12.8. The highest BCUT2D eigenvalue weighted by Gasteiger charge is 2.31. The summed E-state index contributed by atoms with van der Waals surface area (Å²) in [5.74, 6) is -3.37. The van der Waals surface area contributed by atoms with Crippen LogP contribution in [0.1, 0.15) is 40.0 Å². The van der Waals surface area contributed by atoms with E-state index in [-0.39, 0.29) is 17.6 Å². The van der Waals surface area contributed by atoms with E-state index in [2.05, 4.69) is 33.6 Å². The number of carbonyl (C=O) groups is 4. The zero-order chi connectivity index (χ0) is 24.1. The minimum Gasteiger partial charge on any atom is -0.480 e. The molecule has 0 bridgehead atoms. The van der Waals surface area contributed by atoms with E-state index in [1.807, 2.05) is 6.92 Å². The number of carboxylic acid groups (broad SMARTS) is 1. The Morgan fingerprint density at radius 1 is 1.03 bits per heavy atom. The van der Waals surface area contributed by atoms with Crippen LogP contribution in [-0.2, 0) is 19.2 Å². The van der Waals surface area contributed by atoms with Crippen LogP contribution in [0.15, 0.2) is 4.99 Å². The Balaban J connectivity index is 5.06. The number of aliphatic imine (C=N–C) groups is 1. The van der Waals surface area contributed by atoms with Crippen molar-refractivity contribution in [3.05, 3.63) is 0 Å². The SMILES string of the molecule is CCC(C)C(NC(=O)C(N)CCCN=C(N)N)C(=O)NC(CS)C(=O)NC(C)C(=O)O. The average Bonchev–Trinajstić information content (AvgIpc) is 2.71. The number of hydrogen-bond acceptors (Lipinski definition) is 7. The molecule has 5 atom stereocenters. The van der Waals surface area contributed by atoms with E-state index < -0.39 is 47.9 Å². The number of amides is 3. The molecule has 0 spiro atoms. The van der Waals surface area contributed by atoms with Gasteiger partial charge in [0.25, 0.3) is 0 Å². The van der Waals surface area contributed by atoms with Gasteiger partial charge in [0.2, 0.25) is 17.7 Å². The molecule has 0 aromatic heterocycles. The van der Waals surface area contributed by atoms with Crippen LogP contribution in [0.2, 0.25) is 0 Å². The van der Waals surface area contributed by atoms with Gasteiger partial charge >= 0.3 is 5.97 Å². The van der Waals surface area contributed by atoms with Gasteiger partial charge in [-0.3, -0.25) is 24.2 Å². The fourth-order valence-corrected chi connectivity index (χ4v) is 2.70. The van der Waals surface area contributed by atoms with Gasteiger partial charge in [-0.05, 0) is 25.7 Å². The summed E-state index contributed by atoms with van der Waals surface area (Å²) in [6, 6.07) is -4.01. The Morgan fingerprint density at radius 2 is 1.65 bits per heavy atom. The summed E-state index contributed by atoms with van der Waals surface area (Å²) in [6.45, 7) is 5.25. The van der Waals surface area contributed by atoms with Crippen molar-refractivity contribution < 1.29 is 24.3 Å². The number of aliphatic carboxylic acids is 1. The van der Waals surface area contributed by atoms with Gasteiger partial charge in [-0.2, -0.15) is 12.6 Å². The molecule has 31 heavy (non-hydrogen) atoms. The van der Waals surface area contributed by atoms with Crippen LogP contribution < -0.4 is 33.2 Å². The van der Waals surface area contributed by atoms with Gasteiger partial charge in [-0.1, -0.05) is 20.3 Å². The molecule has 0 heterocycles. The molecule has 0 saturated heterocycles. The highest BCUT2D eigenvalue weighted by Crippen LogP contribution is 2.10. The first-order chi connectivity index (χ1) is 14.4. The third-order valence-corrected chi connectivity index (χ3v) is 5.01. The fraction of sp³-hybridized carbons (Fsp3) is 0.722. The van der Waals surface area contributed by atoms with Gasteiger partial charge in [-0.15, -0.1) is 0 Å². The van der Waals surface area contributed by atoms with Crippen molar-refractivity contribution in [2.24, 2.45) is 28.1 Å². The quantitative estimate of drug-likeness (QED) is 0.0619. The summed E-state index contributed by atoms with van der Waals surface area (Å²) in [4.78, 5) is 52.2. The highest BCUT2D eigenvalue weighted by molar-refractivity contribution is 7.80. The Hall–Kier alpha value is -2.54. The molecule has 0 aromatic rings. The van der Waals surface area contributed by atoms with Crippen molar-refractivity contribution in [2.75, 3.05) is 12.3 Å². The lowest BCUT2D eigenvalue weighted by Crippen LogP contribution is -2.58. The number of rotatable bonds is 14. The number of nitrogens with zero attached hydrogens (tertiary/aromatic N) is 1. The number of nitrogens with two attached hydrogens (primary N) is 3. The molecule has 0 aromatic carbocycles.